The van der Waals surface area contributed by atoms with Gasteiger partial charge in [0, 0.05) is 17.7 Å². The van der Waals surface area contributed by atoms with E-state index in [1.165, 1.54) is 35.6 Å². The molecular formula is C37H40N4O8S. The third-order valence-electron chi connectivity index (χ3n) is 6.75. The van der Waals surface area contributed by atoms with Crippen molar-refractivity contribution >= 4 is 52.9 Å². The van der Waals surface area contributed by atoms with Gasteiger partial charge in [0.2, 0.25) is 0 Å². The predicted octanol–water partition coefficient (Wildman–Crippen LogP) is 3.60. The second kappa shape index (κ2) is 15.8. The minimum atomic E-state index is -1.10. The van der Waals surface area contributed by atoms with Crippen LogP contribution >= 0.6 is 11.3 Å². The number of amides is 2. The molecule has 50 heavy (non-hydrogen) atoms. The van der Waals surface area contributed by atoms with Gasteiger partial charge in [-0.25, -0.2) is 4.79 Å². The molecule has 2 aromatic carbocycles. The van der Waals surface area contributed by atoms with Crippen LogP contribution in [0, 0.1) is 0 Å². The summed E-state index contributed by atoms with van der Waals surface area (Å²) in [7, 11) is 0. The van der Waals surface area contributed by atoms with Gasteiger partial charge in [-0.1, -0.05) is 30.3 Å². The molecule has 1 atom stereocenters. The lowest BCUT2D eigenvalue weighted by Crippen LogP contribution is -2.46. The first-order valence-electron chi connectivity index (χ1n) is 15.8. The molecule has 0 aliphatic carbocycles. The van der Waals surface area contributed by atoms with E-state index in [2.05, 4.69) is 20.6 Å². The summed E-state index contributed by atoms with van der Waals surface area (Å²) in [6, 6.07) is 15.4. The number of anilines is 1. The molecule has 262 valence electrons. The summed E-state index contributed by atoms with van der Waals surface area (Å²) in [5.74, 6) is -1.98. The topological polar surface area (TPSA) is 177 Å². The van der Waals surface area contributed by atoms with Gasteiger partial charge in [0.25, 0.3) is 22.9 Å². The Morgan fingerprint density at radius 2 is 1.30 bits per heavy atom. The number of benzene rings is 2. The molecule has 2 amide bonds. The second-order valence-corrected chi connectivity index (χ2v) is 14.3. The molecule has 2 aromatic heterocycles. The van der Waals surface area contributed by atoms with Crippen LogP contribution in [-0.2, 0) is 19.1 Å². The highest BCUT2D eigenvalue weighted by Crippen LogP contribution is 2.16. The largest absolute Gasteiger partial charge is 0.460 e. The fraction of sp³-hybridized carbons (Fsp3) is 0.297. The van der Waals surface area contributed by atoms with Crippen LogP contribution < -0.4 is 32.5 Å². The number of hydrogen-bond donors (Lipinski definition) is 4. The fourth-order valence-corrected chi connectivity index (χ4v) is 5.16. The van der Waals surface area contributed by atoms with Gasteiger partial charge in [0.1, 0.15) is 27.9 Å². The summed E-state index contributed by atoms with van der Waals surface area (Å²) in [4.78, 5) is 82.0. The minimum absolute atomic E-state index is 0.00289. The molecule has 0 aliphatic rings. The maximum absolute atomic E-state index is 13.1. The van der Waals surface area contributed by atoms with Crippen LogP contribution in [0.15, 0.2) is 75.6 Å². The van der Waals surface area contributed by atoms with E-state index in [0.717, 1.165) is 0 Å². The normalized spacial score (nSPS) is 13.0. The number of aromatic amines is 2. The summed E-state index contributed by atoms with van der Waals surface area (Å²) in [5.41, 5.74) is -0.621. The van der Waals surface area contributed by atoms with E-state index in [9.17, 15) is 28.8 Å². The first kappa shape index (κ1) is 37.3. The quantitative estimate of drug-likeness (QED) is 0.182. The van der Waals surface area contributed by atoms with Gasteiger partial charge < -0.3 is 30.1 Å². The van der Waals surface area contributed by atoms with Gasteiger partial charge in [0.05, 0.1) is 4.88 Å². The first-order chi connectivity index (χ1) is 23.5. The number of thiophene rings is 1. The molecule has 4 aromatic rings. The Balaban J connectivity index is 1.46. The average Bonchev–Trinajstić information content (AvgIpc) is 3.57. The fourth-order valence-electron chi connectivity index (χ4n) is 4.54. The van der Waals surface area contributed by atoms with Gasteiger partial charge >= 0.3 is 11.9 Å². The Morgan fingerprint density at radius 1 is 0.760 bits per heavy atom. The first-order valence-corrected chi connectivity index (χ1v) is 16.7. The van der Waals surface area contributed by atoms with Crippen molar-refractivity contribution in [1.82, 2.24) is 15.3 Å². The van der Waals surface area contributed by atoms with Gasteiger partial charge in [-0.3, -0.25) is 24.0 Å². The van der Waals surface area contributed by atoms with E-state index < -0.39 is 46.2 Å². The number of H-pyrrole nitrogens is 2. The Bertz CT molecular complexity index is 2090. The molecule has 0 fully saturated rings. The number of esters is 2. The molecule has 1 unspecified atom stereocenters. The zero-order valence-corrected chi connectivity index (χ0v) is 29.5. The van der Waals surface area contributed by atoms with E-state index in [0.29, 0.717) is 21.7 Å². The Hall–Kier alpha value is -5.56. The van der Waals surface area contributed by atoms with Crippen molar-refractivity contribution in [2.24, 2.45) is 0 Å². The number of rotatable bonds is 10. The van der Waals surface area contributed by atoms with Crippen molar-refractivity contribution in [2.45, 2.75) is 71.6 Å². The minimum Gasteiger partial charge on any atom is -0.460 e. The van der Waals surface area contributed by atoms with Crippen LogP contribution in [-0.4, -0.2) is 51.0 Å². The number of ether oxygens (including phenoxy) is 2. The van der Waals surface area contributed by atoms with Crippen LogP contribution in [0.3, 0.4) is 0 Å². The van der Waals surface area contributed by atoms with Crippen LogP contribution in [0.4, 0.5) is 5.69 Å². The summed E-state index contributed by atoms with van der Waals surface area (Å²) in [6.07, 6.45) is 2.84. The smallest absolute Gasteiger partial charge is 0.329 e. The molecule has 0 spiro atoms. The molecule has 4 rings (SSSR count). The summed E-state index contributed by atoms with van der Waals surface area (Å²) >= 11 is 1.33. The summed E-state index contributed by atoms with van der Waals surface area (Å²) < 4.78 is 10.8. The van der Waals surface area contributed by atoms with Crippen LogP contribution in [0.1, 0.15) is 85.5 Å². The number of carbonyl (C=O) groups is 4. The van der Waals surface area contributed by atoms with Crippen molar-refractivity contribution in [3.05, 3.63) is 119 Å². The molecule has 4 N–H and O–H groups in total. The third kappa shape index (κ3) is 11.3. The zero-order valence-electron chi connectivity index (χ0n) is 28.7. The van der Waals surface area contributed by atoms with E-state index in [1.807, 2.05) is 5.38 Å². The van der Waals surface area contributed by atoms with Gasteiger partial charge in [-0.15, -0.1) is 11.3 Å². The highest BCUT2D eigenvalue weighted by molar-refractivity contribution is 7.12. The maximum Gasteiger partial charge on any atom is 0.329 e. The van der Waals surface area contributed by atoms with Crippen molar-refractivity contribution in [1.29, 1.82) is 0 Å². The van der Waals surface area contributed by atoms with E-state index in [4.69, 9.17) is 9.47 Å². The monoisotopic (exact) mass is 700 g/mol. The number of aromatic nitrogens is 2. The van der Waals surface area contributed by atoms with Gasteiger partial charge in [0.15, 0.2) is 0 Å². The molecule has 13 heteroatoms. The molecule has 0 saturated carbocycles. The third-order valence-corrected chi connectivity index (χ3v) is 7.62. The lowest BCUT2D eigenvalue weighted by molar-refractivity contribution is -0.158. The predicted molar refractivity (Wildman–Crippen MR) is 191 cm³/mol. The van der Waals surface area contributed by atoms with E-state index >= 15 is 0 Å². The van der Waals surface area contributed by atoms with Crippen molar-refractivity contribution in [3.8, 4) is 0 Å². The summed E-state index contributed by atoms with van der Waals surface area (Å²) in [6.45, 7) is 10.3. The second-order valence-electron chi connectivity index (χ2n) is 13.4. The molecule has 0 radical (unpaired) electrons. The SMILES string of the molecule is CC(C)(C)OC(=O)CCC(NC(=O)c1ccc(/C=c2\[nH]c(=O)/c(=C/c3ccc(NC(=O)c4cccs4)cc3)[nH]c2=O)cc1)C(=O)OC(C)(C)C. The van der Waals surface area contributed by atoms with Crippen LogP contribution in [0.2, 0.25) is 0 Å². The highest BCUT2D eigenvalue weighted by Gasteiger charge is 2.28. The number of carbonyl (C=O) groups excluding carboxylic acids is 4. The Morgan fingerprint density at radius 3 is 1.80 bits per heavy atom. The zero-order chi connectivity index (χ0) is 36.6. The molecule has 0 saturated heterocycles. The van der Waals surface area contributed by atoms with Crippen LogP contribution in [0.5, 0.6) is 0 Å². The number of nitrogens with one attached hydrogen (secondary N) is 4. The van der Waals surface area contributed by atoms with E-state index in [1.54, 1.807) is 90.1 Å². The van der Waals surface area contributed by atoms with Gasteiger partial charge in [-0.05, 0) is 107 Å². The molecule has 0 aliphatic heterocycles. The maximum atomic E-state index is 13.1. The van der Waals surface area contributed by atoms with Crippen molar-refractivity contribution in [2.75, 3.05) is 5.32 Å². The van der Waals surface area contributed by atoms with Crippen LogP contribution in [0.25, 0.3) is 12.2 Å². The van der Waals surface area contributed by atoms with E-state index in [-0.39, 0.29) is 35.0 Å². The standard InChI is InChI=1S/C37H40N4O8S/c1-36(2,3)48-30(42)18-17-26(35(47)49-37(4,5)6)39-31(43)24-13-9-22(10-14-24)20-27-32(44)41-28(33(45)40-27)21-23-11-15-25(16-12-23)38-34(46)29-8-7-19-50-29/h7-16,19-21,26H,17-18H2,1-6H3,(H,38,46)(H,39,43)(H,40,45)(H,41,44)/b27-20-,28-21-. The van der Waals surface area contributed by atoms with Crippen molar-refractivity contribution < 1.29 is 28.7 Å². The highest BCUT2D eigenvalue weighted by atomic mass is 32.1. The van der Waals surface area contributed by atoms with Gasteiger partial charge in [-0.2, -0.15) is 0 Å². The molecule has 12 nitrogen and oxygen atoms in total. The Labute approximate surface area is 292 Å². The lowest BCUT2D eigenvalue weighted by Gasteiger charge is -2.25. The lowest BCUT2D eigenvalue weighted by atomic mass is 10.1. The molecule has 0 bridgehead atoms. The Kier molecular flexibility index (Phi) is 11.8. The summed E-state index contributed by atoms with van der Waals surface area (Å²) in [5, 5.41) is 7.31. The molecular weight excluding hydrogens is 660 g/mol. The average molecular weight is 701 g/mol. The number of hydrogen-bond acceptors (Lipinski definition) is 9. The van der Waals surface area contributed by atoms with Crippen molar-refractivity contribution in [3.63, 3.8) is 0 Å². The molecule has 2 heterocycles.